The molecule has 0 spiro atoms. The van der Waals surface area contributed by atoms with E-state index in [0.29, 0.717) is 34.9 Å². The number of ether oxygens (including phenoxy) is 1. The number of rotatable bonds is 6. The lowest BCUT2D eigenvalue weighted by Crippen LogP contribution is -2.25. The molecular weight excluding hydrogens is 296 g/mol. The summed E-state index contributed by atoms with van der Waals surface area (Å²) >= 11 is 0. The van der Waals surface area contributed by atoms with E-state index in [1.165, 1.54) is 0 Å². The van der Waals surface area contributed by atoms with Gasteiger partial charge >= 0.3 is 5.97 Å². The Balaban J connectivity index is 2.75. The van der Waals surface area contributed by atoms with Gasteiger partial charge in [0.2, 0.25) is 0 Å². The number of aryl methyl sites for hydroxylation is 1. The highest BCUT2D eigenvalue weighted by Crippen LogP contribution is 2.36. The fraction of sp³-hybridized carbons (Fsp3) is 0.294. The Bertz CT molecular complexity index is 716. The third-order valence-electron chi connectivity index (χ3n) is 3.54. The molecule has 2 aromatic rings. The topological polar surface area (TPSA) is 82.9 Å². The zero-order valence-electron chi connectivity index (χ0n) is 13.4. The van der Waals surface area contributed by atoms with E-state index in [9.17, 15) is 9.90 Å². The van der Waals surface area contributed by atoms with Crippen LogP contribution in [0.25, 0.3) is 11.1 Å². The van der Waals surface area contributed by atoms with Crippen molar-refractivity contribution in [3.63, 3.8) is 0 Å². The monoisotopic (exact) mass is 316 g/mol. The highest BCUT2D eigenvalue weighted by atomic mass is 16.5. The van der Waals surface area contributed by atoms with Gasteiger partial charge in [-0.2, -0.15) is 0 Å². The van der Waals surface area contributed by atoms with Crippen LogP contribution in [0.3, 0.4) is 0 Å². The summed E-state index contributed by atoms with van der Waals surface area (Å²) < 4.78 is 5.36. The first-order valence-electron chi connectivity index (χ1n) is 7.20. The van der Waals surface area contributed by atoms with Crippen LogP contribution in [0.4, 0.5) is 5.82 Å². The minimum absolute atomic E-state index is 0.0881. The van der Waals surface area contributed by atoms with Crippen molar-refractivity contribution in [2.75, 3.05) is 32.2 Å². The van der Waals surface area contributed by atoms with E-state index in [4.69, 9.17) is 9.84 Å². The van der Waals surface area contributed by atoms with Crippen LogP contribution in [0.5, 0.6) is 5.75 Å². The van der Waals surface area contributed by atoms with Crippen LogP contribution >= 0.6 is 0 Å². The molecule has 1 aromatic heterocycles. The highest BCUT2D eigenvalue weighted by molar-refractivity contribution is 6.01. The lowest BCUT2D eigenvalue weighted by atomic mass is 9.98. The Morgan fingerprint density at radius 2 is 2.00 bits per heavy atom. The van der Waals surface area contributed by atoms with Gasteiger partial charge in [-0.15, -0.1) is 0 Å². The van der Waals surface area contributed by atoms with Crippen molar-refractivity contribution in [1.29, 1.82) is 0 Å². The van der Waals surface area contributed by atoms with E-state index in [0.717, 1.165) is 0 Å². The minimum Gasteiger partial charge on any atom is -0.496 e. The first kappa shape index (κ1) is 16.8. The number of carboxylic acid groups (broad SMARTS) is 1. The van der Waals surface area contributed by atoms with Crippen molar-refractivity contribution in [3.8, 4) is 16.9 Å². The Kier molecular flexibility index (Phi) is 5.18. The highest BCUT2D eigenvalue weighted by Gasteiger charge is 2.23. The van der Waals surface area contributed by atoms with E-state index < -0.39 is 5.97 Å². The van der Waals surface area contributed by atoms with Gasteiger partial charge in [0, 0.05) is 30.4 Å². The lowest BCUT2D eigenvalue weighted by molar-refractivity contribution is 0.0698. The molecule has 0 amide bonds. The molecule has 0 aliphatic carbocycles. The smallest absolute Gasteiger partial charge is 0.340 e. The molecule has 1 heterocycles. The molecule has 2 N–H and O–H groups in total. The lowest BCUT2D eigenvalue weighted by Gasteiger charge is -2.22. The van der Waals surface area contributed by atoms with Crippen molar-refractivity contribution in [1.82, 2.24) is 4.98 Å². The van der Waals surface area contributed by atoms with E-state index in [-0.39, 0.29) is 12.2 Å². The molecule has 6 heteroatoms. The quantitative estimate of drug-likeness (QED) is 0.850. The number of aromatic nitrogens is 1. The fourth-order valence-corrected chi connectivity index (χ4v) is 2.48. The third-order valence-corrected chi connectivity index (χ3v) is 3.54. The predicted octanol–water partition coefficient (Wildman–Crippen LogP) is 2.19. The Morgan fingerprint density at radius 1 is 1.30 bits per heavy atom. The Hall–Kier alpha value is -2.60. The average Bonchev–Trinajstić information content (AvgIpc) is 2.53. The second-order valence-corrected chi connectivity index (χ2v) is 5.16. The summed E-state index contributed by atoms with van der Waals surface area (Å²) in [6.07, 6.45) is 0. The number of aliphatic hydroxyl groups is 1. The van der Waals surface area contributed by atoms with E-state index in [1.54, 1.807) is 38.1 Å². The molecular formula is C17H20N2O4. The molecule has 0 bridgehead atoms. The molecule has 0 saturated carbocycles. The molecule has 0 aliphatic rings. The predicted molar refractivity (Wildman–Crippen MR) is 88.3 cm³/mol. The maximum absolute atomic E-state index is 11.9. The van der Waals surface area contributed by atoms with Crippen LogP contribution in [0.1, 0.15) is 16.1 Å². The summed E-state index contributed by atoms with van der Waals surface area (Å²) in [5, 5.41) is 18.8. The number of anilines is 1. The molecule has 23 heavy (non-hydrogen) atoms. The number of nitrogens with zero attached hydrogens (tertiary/aromatic N) is 2. The Morgan fingerprint density at radius 3 is 2.61 bits per heavy atom. The fourth-order valence-electron chi connectivity index (χ4n) is 2.48. The number of pyridine rings is 1. The number of likely N-dealkylation sites (N-methyl/N-ethyl adjacent to an activating group) is 1. The average molecular weight is 316 g/mol. The molecule has 0 fully saturated rings. The number of benzene rings is 1. The number of carboxylic acids is 1. The van der Waals surface area contributed by atoms with Crippen molar-refractivity contribution in [3.05, 3.63) is 41.6 Å². The van der Waals surface area contributed by atoms with Gasteiger partial charge in [0.15, 0.2) is 0 Å². The van der Waals surface area contributed by atoms with E-state index >= 15 is 0 Å². The molecule has 0 atom stereocenters. The van der Waals surface area contributed by atoms with Gasteiger partial charge < -0.3 is 19.8 Å². The van der Waals surface area contributed by atoms with Gasteiger partial charge in [-0.25, -0.2) is 9.78 Å². The summed E-state index contributed by atoms with van der Waals surface area (Å²) in [5.74, 6) is -0.151. The SMILES string of the molecule is COc1ccccc1-c1cc(C)nc(N(C)CCO)c1C(=O)O. The summed E-state index contributed by atoms with van der Waals surface area (Å²) in [6.45, 7) is 2.01. The molecule has 0 aliphatic heterocycles. The minimum atomic E-state index is -1.07. The summed E-state index contributed by atoms with van der Waals surface area (Å²) in [7, 11) is 3.25. The number of aliphatic hydroxyl groups excluding tert-OH is 1. The van der Waals surface area contributed by atoms with Crippen molar-refractivity contribution < 1.29 is 19.7 Å². The normalized spacial score (nSPS) is 10.4. The van der Waals surface area contributed by atoms with Crippen molar-refractivity contribution in [2.45, 2.75) is 6.92 Å². The van der Waals surface area contributed by atoms with Gasteiger partial charge in [-0.1, -0.05) is 18.2 Å². The molecule has 2 rings (SSSR count). The Labute approximate surface area is 135 Å². The number of para-hydroxylation sites is 1. The molecule has 0 saturated heterocycles. The summed E-state index contributed by atoms with van der Waals surface area (Å²) in [5.41, 5.74) is 2.02. The number of hydrogen-bond acceptors (Lipinski definition) is 5. The second-order valence-electron chi connectivity index (χ2n) is 5.16. The first-order valence-corrected chi connectivity index (χ1v) is 7.20. The van der Waals surface area contributed by atoms with Gasteiger partial charge in [0.1, 0.15) is 17.1 Å². The third kappa shape index (κ3) is 3.43. The van der Waals surface area contributed by atoms with Crippen LogP contribution in [-0.2, 0) is 0 Å². The van der Waals surface area contributed by atoms with Gasteiger partial charge in [0.05, 0.1) is 13.7 Å². The molecule has 1 aromatic carbocycles. The van der Waals surface area contributed by atoms with E-state index in [1.807, 2.05) is 18.2 Å². The van der Waals surface area contributed by atoms with Gasteiger partial charge in [-0.3, -0.25) is 0 Å². The molecule has 6 nitrogen and oxygen atoms in total. The number of methoxy groups -OCH3 is 1. The standard InChI is InChI=1S/C17H20N2O4/c1-11-10-13(12-6-4-5-7-14(12)23-3)15(17(21)22)16(18-11)19(2)8-9-20/h4-7,10,20H,8-9H2,1-3H3,(H,21,22). The zero-order chi connectivity index (χ0) is 17.0. The van der Waals surface area contributed by atoms with Crippen LogP contribution in [-0.4, -0.2) is 48.5 Å². The number of hydrogen-bond donors (Lipinski definition) is 2. The second kappa shape index (κ2) is 7.11. The molecule has 0 radical (unpaired) electrons. The molecule has 0 unspecified atom stereocenters. The maximum atomic E-state index is 11.9. The van der Waals surface area contributed by atoms with Crippen LogP contribution in [0.2, 0.25) is 0 Å². The van der Waals surface area contributed by atoms with Crippen molar-refractivity contribution >= 4 is 11.8 Å². The zero-order valence-corrected chi connectivity index (χ0v) is 13.4. The van der Waals surface area contributed by atoms with Crippen LogP contribution in [0, 0.1) is 6.92 Å². The van der Waals surface area contributed by atoms with Gasteiger partial charge in [-0.05, 0) is 19.1 Å². The number of carbonyl (C=O) groups is 1. The number of aromatic carboxylic acids is 1. The van der Waals surface area contributed by atoms with Gasteiger partial charge in [0.25, 0.3) is 0 Å². The maximum Gasteiger partial charge on any atom is 0.340 e. The molecule has 122 valence electrons. The van der Waals surface area contributed by atoms with E-state index in [2.05, 4.69) is 4.98 Å². The van der Waals surface area contributed by atoms with Crippen molar-refractivity contribution in [2.24, 2.45) is 0 Å². The summed E-state index contributed by atoms with van der Waals surface area (Å²) in [6, 6.07) is 8.99. The van der Waals surface area contributed by atoms with Crippen LogP contribution in [0.15, 0.2) is 30.3 Å². The first-order chi connectivity index (χ1) is 11.0. The summed E-state index contributed by atoms with van der Waals surface area (Å²) in [4.78, 5) is 17.8. The van der Waals surface area contributed by atoms with Crippen LogP contribution < -0.4 is 9.64 Å². The largest absolute Gasteiger partial charge is 0.496 e.